The van der Waals surface area contributed by atoms with Crippen LogP contribution in [-0.2, 0) is 11.3 Å². The van der Waals surface area contributed by atoms with Crippen LogP contribution >= 0.6 is 0 Å². The van der Waals surface area contributed by atoms with E-state index in [4.69, 9.17) is 0 Å². The first-order chi connectivity index (χ1) is 10.3. The molecule has 0 aliphatic heterocycles. The van der Waals surface area contributed by atoms with Crippen molar-refractivity contribution in [2.75, 3.05) is 0 Å². The van der Waals surface area contributed by atoms with Crippen molar-refractivity contribution in [2.24, 2.45) is 9.98 Å². The van der Waals surface area contributed by atoms with Gasteiger partial charge in [0.1, 0.15) is 6.01 Å². The van der Waals surface area contributed by atoms with E-state index < -0.39 is 0 Å². The van der Waals surface area contributed by atoms with Crippen molar-refractivity contribution in [3.8, 4) is 0 Å². The molecule has 0 aliphatic carbocycles. The molecule has 0 unspecified atom stereocenters. The van der Waals surface area contributed by atoms with E-state index >= 15 is 0 Å². The van der Waals surface area contributed by atoms with Crippen LogP contribution in [0.4, 0.5) is 11.4 Å². The van der Waals surface area contributed by atoms with Gasteiger partial charge >= 0.3 is 0 Å². The Balaban J connectivity index is 2.14. The average Bonchev–Trinajstić information content (AvgIpc) is 2.54. The molecule has 0 saturated heterocycles. The first-order valence-corrected chi connectivity index (χ1v) is 6.49. The summed E-state index contributed by atoms with van der Waals surface area (Å²) in [6.45, 7) is 3.80. The number of aliphatic imine (C=N–C) groups is 2. The SMILES string of the molecule is C=CC(=O)NCc1ccccc1N=C=Nc1ccccc1. The minimum atomic E-state index is -0.216. The molecule has 0 aliphatic rings. The normalized spacial score (nSPS) is 9.33. The zero-order valence-corrected chi connectivity index (χ0v) is 11.5. The smallest absolute Gasteiger partial charge is 0.243 e. The van der Waals surface area contributed by atoms with Crippen LogP contribution < -0.4 is 5.32 Å². The van der Waals surface area contributed by atoms with Crippen LogP contribution in [0, 0.1) is 0 Å². The topological polar surface area (TPSA) is 53.8 Å². The third-order valence-electron chi connectivity index (χ3n) is 2.74. The van der Waals surface area contributed by atoms with Crippen molar-refractivity contribution < 1.29 is 4.79 Å². The number of hydrogen-bond donors (Lipinski definition) is 1. The number of nitrogens with zero attached hydrogens (tertiary/aromatic N) is 2. The van der Waals surface area contributed by atoms with Crippen molar-refractivity contribution in [1.29, 1.82) is 0 Å². The number of amides is 1. The van der Waals surface area contributed by atoms with Crippen LogP contribution in [-0.4, -0.2) is 11.9 Å². The van der Waals surface area contributed by atoms with E-state index in [2.05, 4.69) is 27.9 Å². The molecule has 4 nitrogen and oxygen atoms in total. The van der Waals surface area contributed by atoms with Crippen molar-refractivity contribution in [3.05, 3.63) is 72.8 Å². The number of para-hydroxylation sites is 2. The lowest BCUT2D eigenvalue weighted by molar-refractivity contribution is -0.116. The van der Waals surface area contributed by atoms with Gasteiger partial charge in [-0.25, -0.2) is 0 Å². The Morgan fingerprint density at radius 2 is 1.81 bits per heavy atom. The molecule has 1 amide bonds. The van der Waals surface area contributed by atoms with Crippen molar-refractivity contribution >= 4 is 23.3 Å². The molecule has 0 aromatic heterocycles. The van der Waals surface area contributed by atoms with Gasteiger partial charge in [-0.1, -0.05) is 43.0 Å². The maximum atomic E-state index is 11.2. The standard InChI is InChI=1S/C17H15N3O/c1-2-17(21)18-12-14-8-6-7-11-16(14)20-13-19-15-9-4-3-5-10-15/h2-11H,1,12H2,(H,18,21). The third-order valence-corrected chi connectivity index (χ3v) is 2.74. The fourth-order valence-corrected chi connectivity index (χ4v) is 1.66. The zero-order valence-electron chi connectivity index (χ0n) is 11.5. The quantitative estimate of drug-likeness (QED) is 0.658. The van der Waals surface area contributed by atoms with Gasteiger partial charge in [0.05, 0.1) is 11.4 Å². The molecule has 0 bridgehead atoms. The molecule has 104 valence electrons. The summed E-state index contributed by atoms with van der Waals surface area (Å²) in [4.78, 5) is 19.5. The van der Waals surface area contributed by atoms with Gasteiger partial charge in [-0.05, 0) is 29.8 Å². The molecule has 0 atom stereocenters. The molecule has 0 radical (unpaired) electrons. The highest BCUT2D eigenvalue weighted by Crippen LogP contribution is 2.18. The van der Waals surface area contributed by atoms with Crippen LogP contribution in [0.5, 0.6) is 0 Å². The van der Waals surface area contributed by atoms with Crippen molar-refractivity contribution in [1.82, 2.24) is 5.32 Å². The summed E-state index contributed by atoms with van der Waals surface area (Å²) in [5, 5.41) is 2.72. The second-order valence-corrected chi connectivity index (χ2v) is 4.21. The first kappa shape index (κ1) is 14.4. The van der Waals surface area contributed by atoms with Crippen LogP contribution in [0.3, 0.4) is 0 Å². The summed E-state index contributed by atoms with van der Waals surface area (Å²) in [7, 11) is 0. The van der Waals surface area contributed by atoms with E-state index in [1.54, 1.807) is 0 Å². The van der Waals surface area contributed by atoms with Gasteiger partial charge in [-0.2, -0.15) is 9.98 Å². The summed E-state index contributed by atoms with van der Waals surface area (Å²) >= 11 is 0. The Morgan fingerprint density at radius 3 is 2.57 bits per heavy atom. The fraction of sp³-hybridized carbons (Fsp3) is 0.0588. The van der Waals surface area contributed by atoms with Crippen molar-refractivity contribution in [3.63, 3.8) is 0 Å². The van der Waals surface area contributed by atoms with Crippen LogP contribution in [0.15, 0.2) is 77.2 Å². The first-order valence-electron chi connectivity index (χ1n) is 6.49. The summed E-state index contributed by atoms with van der Waals surface area (Å²) in [5.74, 6) is -0.216. The molecule has 1 N–H and O–H groups in total. The lowest BCUT2D eigenvalue weighted by Gasteiger charge is -2.04. The van der Waals surface area contributed by atoms with Crippen LogP contribution in [0.1, 0.15) is 5.56 Å². The Kier molecular flexibility index (Phi) is 5.21. The van der Waals surface area contributed by atoms with E-state index in [0.29, 0.717) is 6.54 Å². The minimum absolute atomic E-state index is 0.216. The molecule has 2 rings (SSSR count). The van der Waals surface area contributed by atoms with E-state index in [1.165, 1.54) is 6.08 Å². The lowest BCUT2D eigenvalue weighted by Crippen LogP contribution is -2.19. The summed E-state index contributed by atoms with van der Waals surface area (Å²) in [5.41, 5.74) is 2.41. The number of rotatable bonds is 5. The van der Waals surface area contributed by atoms with Gasteiger partial charge in [0.2, 0.25) is 5.91 Å². The maximum absolute atomic E-state index is 11.2. The Hall–Kier alpha value is -2.97. The molecule has 0 heterocycles. The highest BCUT2D eigenvalue weighted by molar-refractivity contribution is 5.86. The molecular weight excluding hydrogens is 262 g/mol. The van der Waals surface area contributed by atoms with Crippen LogP contribution in [0.2, 0.25) is 0 Å². The minimum Gasteiger partial charge on any atom is -0.348 e. The molecule has 2 aromatic rings. The lowest BCUT2D eigenvalue weighted by atomic mass is 10.2. The number of carbonyl (C=O) groups excluding carboxylic acids is 1. The Labute approximate surface area is 123 Å². The average molecular weight is 277 g/mol. The van der Waals surface area contributed by atoms with Gasteiger partial charge < -0.3 is 5.32 Å². The van der Waals surface area contributed by atoms with Crippen molar-refractivity contribution in [2.45, 2.75) is 6.54 Å². The highest BCUT2D eigenvalue weighted by Gasteiger charge is 2.01. The molecular formula is C17H15N3O. The molecule has 0 spiro atoms. The van der Waals surface area contributed by atoms with Gasteiger partial charge in [-0.3, -0.25) is 4.79 Å². The highest BCUT2D eigenvalue weighted by atomic mass is 16.1. The maximum Gasteiger partial charge on any atom is 0.243 e. The molecule has 0 saturated carbocycles. The molecule has 0 fully saturated rings. The molecule has 4 heteroatoms. The van der Waals surface area contributed by atoms with E-state index in [1.807, 2.05) is 54.6 Å². The van der Waals surface area contributed by atoms with Gasteiger partial charge in [-0.15, -0.1) is 0 Å². The molecule has 2 aromatic carbocycles. The Morgan fingerprint density at radius 1 is 1.10 bits per heavy atom. The van der Waals surface area contributed by atoms with Gasteiger partial charge in [0.15, 0.2) is 0 Å². The van der Waals surface area contributed by atoms with E-state index in [-0.39, 0.29) is 5.91 Å². The predicted molar refractivity (Wildman–Crippen MR) is 84.1 cm³/mol. The largest absolute Gasteiger partial charge is 0.348 e. The monoisotopic (exact) mass is 277 g/mol. The summed E-state index contributed by atoms with van der Waals surface area (Å²) < 4.78 is 0. The fourth-order valence-electron chi connectivity index (χ4n) is 1.66. The Bertz CT molecular complexity index is 686. The summed E-state index contributed by atoms with van der Waals surface area (Å²) in [6.07, 6.45) is 1.24. The second-order valence-electron chi connectivity index (χ2n) is 4.21. The summed E-state index contributed by atoms with van der Waals surface area (Å²) in [6, 6.07) is 19.7. The molecule has 21 heavy (non-hydrogen) atoms. The van der Waals surface area contributed by atoms with Gasteiger partial charge in [0.25, 0.3) is 0 Å². The van der Waals surface area contributed by atoms with Gasteiger partial charge in [0, 0.05) is 6.54 Å². The van der Waals surface area contributed by atoms with Crippen LogP contribution in [0.25, 0.3) is 0 Å². The number of hydrogen-bond acceptors (Lipinski definition) is 3. The number of benzene rings is 2. The zero-order chi connectivity index (χ0) is 14.9. The van der Waals surface area contributed by atoms with E-state index in [0.717, 1.165) is 16.9 Å². The third kappa shape index (κ3) is 4.56. The second kappa shape index (κ2) is 7.58. The number of nitrogens with one attached hydrogen (secondary N) is 1. The predicted octanol–water partition coefficient (Wildman–Crippen LogP) is 3.63. The van der Waals surface area contributed by atoms with E-state index in [9.17, 15) is 4.79 Å². The number of carbonyl (C=O) groups is 1.